The van der Waals surface area contributed by atoms with E-state index in [0.717, 1.165) is 0 Å². The molecule has 5 nitrogen and oxygen atoms in total. The summed E-state index contributed by atoms with van der Waals surface area (Å²) >= 11 is 0. The Morgan fingerprint density at radius 1 is 1.43 bits per heavy atom. The third kappa shape index (κ3) is 3.37. The van der Waals surface area contributed by atoms with E-state index in [1.54, 1.807) is 0 Å². The molecule has 0 amide bonds. The Bertz CT molecular complexity index is 336. The van der Waals surface area contributed by atoms with E-state index in [-0.39, 0.29) is 62.8 Å². The second kappa shape index (κ2) is 5.29. The number of hydrogen-bond acceptors (Lipinski definition) is 5. The van der Waals surface area contributed by atoms with Crippen molar-refractivity contribution < 1.29 is 66.4 Å². The first kappa shape index (κ1) is 14.1. The van der Waals surface area contributed by atoms with Crippen molar-refractivity contribution in [2.75, 3.05) is 0 Å². The molecule has 0 aliphatic rings. The van der Waals surface area contributed by atoms with E-state index >= 15 is 0 Å². The fourth-order valence-electron chi connectivity index (χ4n) is 0.935. The first-order valence-corrected chi connectivity index (χ1v) is 3.68. The molecule has 0 radical (unpaired) electrons. The zero-order chi connectivity index (χ0) is 10.1. The van der Waals surface area contributed by atoms with Gasteiger partial charge in [0.2, 0.25) is 0 Å². The molecule has 0 aromatic carbocycles. The molecule has 0 saturated carbocycles. The van der Waals surface area contributed by atoms with E-state index in [9.17, 15) is 15.0 Å². The van der Waals surface area contributed by atoms with E-state index < -0.39 is 11.6 Å². The van der Waals surface area contributed by atoms with Gasteiger partial charge in [0.05, 0.1) is 11.7 Å². The van der Waals surface area contributed by atoms with Crippen LogP contribution in [0.1, 0.15) is 30.0 Å². The fourth-order valence-corrected chi connectivity index (χ4v) is 0.935. The van der Waals surface area contributed by atoms with Gasteiger partial charge in [-0.1, -0.05) is 0 Å². The number of nitrogens with zero attached hydrogens (tertiary/aromatic N) is 2. The SMILES string of the molecule is CC(C)(O)c1nccnc1C(=O)[O-].[K+]. The van der Waals surface area contributed by atoms with E-state index in [2.05, 4.69) is 9.97 Å². The maximum Gasteiger partial charge on any atom is 1.00 e. The summed E-state index contributed by atoms with van der Waals surface area (Å²) in [7, 11) is 0. The molecule has 0 fully saturated rings. The normalized spacial score (nSPS) is 10.5. The van der Waals surface area contributed by atoms with Crippen LogP contribution in [0.4, 0.5) is 0 Å². The summed E-state index contributed by atoms with van der Waals surface area (Å²) in [5, 5.41) is 20.1. The smallest absolute Gasteiger partial charge is 0.543 e. The number of carbonyl (C=O) groups is 1. The molecule has 1 aromatic heterocycles. The molecular formula is C8H9KN2O3. The molecule has 0 spiro atoms. The van der Waals surface area contributed by atoms with Gasteiger partial charge in [0, 0.05) is 12.4 Å². The fraction of sp³-hybridized carbons (Fsp3) is 0.375. The third-order valence-electron chi connectivity index (χ3n) is 1.47. The van der Waals surface area contributed by atoms with Crippen LogP contribution in [0.15, 0.2) is 12.4 Å². The Balaban J connectivity index is 0.00000169. The number of carboxylic acids is 1. The first-order valence-electron chi connectivity index (χ1n) is 3.68. The molecule has 1 aromatic rings. The molecule has 0 atom stereocenters. The van der Waals surface area contributed by atoms with Crippen molar-refractivity contribution in [2.24, 2.45) is 0 Å². The monoisotopic (exact) mass is 220 g/mol. The summed E-state index contributed by atoms with van der Waals surface area (Å²) in [6.45, 7) is 2.87. The van der Waals surface area contributed by atoms with Crippen molar-refractivity contribution in [3.8, 4) is 0 Å². The largest absolute Gasteiger partial charge is 1.00 e. The summed E-state index contributed by atoms with van der Waals surface area (Å²) in [4.78, 5) is 17.8. The van der Waals surface area contributed by atoms with Crippen molar-refractivity contribution in [3.05, 3.63) is 23.8 Å². The standard InChI is InChI=1S/C8H10N2O3.K/c1-8(2,13)6-5(7(11)12)9-3-4-10-6;/h3-4,13H,1-2H3,(H,11,12);/q;+1/p-1. The van der Waals surface area contributed by atoms with Crippen LogP contribution in [-0.4, -0.2) is 21.0 Å². The molecule has 1 N–H and O–H groups in total. The van der Waals surface area contributed by atoms with Crippen molar-refractivity contribution in [2.45, 2.75) is 19.4 Å². The number of hydrogen-bond donors (Lipinski definition) is 1. The van der Waals surface area contributed by atoms with Crippen molar-refractivity contribution in [3.63, 3.8) is 0 Å². The molecule has 0 aliphatic heterocycles. The molecule has 0 unspecified atom stereocenters. The molecule has 6 heteroatoms. The van der Waals surface area contributed by atoms with Gasteiger partial charge in [0.25, 0.3) is 0 Å². The number of rotatable bonds is 2. The van der Waals surface area contributed by atoms with Crippen LogP contribution in [0.5, 0.6) is 0 Å². The Morgan fingerprint density at radius 2 is 1.93 bits per heavy atom. The summed E-state index contributed by atoms with van der Waals surface area (Å²) in [6.07, 6.45) is 2.56. The minimum Gasteiger partial charge on any atom is -0.543 e. The van der Waals surface area contributed by atoms with Crippen LogP contribution in [0.25, 0.3) is 0 Å². The maximum absolute atomic E-state index is 10.5. The van der Waals surface area contributed by atoms with Gasteiger partial charge in [0.15, 0.2) is 0 Å². The number of carboxylic acid groups (broad SMARTS) is 1. The Morgan fingerprint density at radius 3 is 2.29 bits per heavy atom. The van der Waals surface area contributed by atoms with E-state index in [1.165, 1.54) is 26.2 Å². The third-order valence-corrected chi connectivity index (χ3v) is 1.47. The predicted molar refractivity (Wildman–Crippen MR) is 41.6 cm³/mol. The van der Waals surface area contributed by atoms with E-state index in [1.807, 2.05) is 0 Å². The number of carbonyl (C=O) groups excluding carboxylic acids is 1. The van der Waals surface area contributed by atoms with Gasteiger partial charge in [-0.05, 0) is 13.8 Å². The predicted octanol–water partition coefficient (Wildman–Crippen LogP) is -3.93. The van der Waals surface area contributed by atoms with E-state index in [0.29, 0.717) is 0 Å². The molecule has 70 valence electrons. The maximum atomic E-state index is 10.5. The van der Waals surface area contributed by atoms with Crippen LogP contribution in [0.2, 0.25) is 0 Å². The van der Waals surface area contributed by atoms with Gasteiger partial charge in [0.1, 0.15) is 11.3 Å². The quantitative estimate of drug-likeness (QED) is 0.514. The molecule has 1 heterocycles. The number of aliphatic hydroxyl groups is 1. The molecular weight excluding hydrogens is 211 g/mol. The first-order chi connectivity index (χ1) is 5.93. The topological polar surface area (TPSA) is 86.1 Å². The van der Waals surface area contributed by atoms with Gasteiger partial charge in [-0.2, -0.15) is 0 Å². The Labute approximate surface area is 124 Å². The summed E-state index contributed by atoms with van der Waals surface area (Å²) in [5.41, 5.74) is -1.64. The van der Waals surface area contributed by atoms with Crippen LogP contribution < -0.4 is 56.5 Å². The summed E-state index contributed by atoms with van der Waals surface area (Å²) in [6, 6.07) is 0. The number of aromatic nitrogens is 2. The van der Waals surface area contributed by atoms with Gasteiger partial charge >= 0.3 is 51.4 Å². The van der Waals surface area contributed by atoms with Crippen LogP contribution in [0, 0.1) is 0 Å². The molecule has 0 aliphatic carbocycles. The van der Waals surface area contributed by atoms with Gasteiger partial charge in [-0.25, -0.2) is 0 Å². The Hall–Kier alpha value is 0.146. The Kier molecular flexibility index (Phi) is 5.35. The van der Waals surface area contributed by atoms with Gasteiger partial charge in [-0.15, -0.1) is 0 Å². The average molecular weight is 220 g/mol. The van der Waals surface area contributed by atoms with Crippen LogP contribution >= 0.6 is 0 Å². The van der Waals surface area contributed by atoms with Crippen molar-refractivity contribution in [1.29, 1.82) is 0 Å². The zero-order valence-electron chi connectivity index (χ0n) is 8.31. The summed E-state index contributed by atoms with van der Waals surface area (Å²) < 4.78 is 0. The zero-order valence-corrected chi connectivity index (χ0v) is 11.4. The van der Waals surface area contributed by atoms with Crippen LogP contribution in [0.3, 0.4) is 0 Å². The van der Waals surface area contributed by atoms with E-state index in [4.69, 9.17) is 0 Å². The van der Waals surface area contributed by atoms with Crippen LogP contribution in [-0.2, 0) is 5.60 Å². The van der Waals surface area contributed by atoms with Crippen molar-refractivity contribution >= 4 is 5.97 Å². The second-order valence-electron chi connectivity index (χ2n) is 3.10. The molecule has 0 saturated heterocycles. The van der Waals surface area contributed by atoms with Crippen molar-refractivity contribution in [1.82, 2.24) is 9.97 Å². The number of aromatic carboxylic acids is 1. The minimum absolute atomic E-state index is 0. The molecule has 1 rings (SSSR count). The average Bonchev–Trinajstić information content (AvgIpc) is 2.03. The second-order valence-corrected chi connectivity index (χ2v) is 3.10. The summed E-state index contributed by atoms with van der Waals surface area (Å²) in [5.74, 6) is -1.44. The van der Waals surface area contributed by atoms with Gasteiger partial charge < -0.3 is 15.0 Å². The van der Waals surface area contributed by atoms with Gasteiger partial charge in [-0.3, -0.25) is 9.97 Å². The molecule has 0 bridgehead atoms. The minimum atomic E-state index is -1.44. The molecule has 14 heavy (non-hydrogen) atoms.